The van der Waals surface area contributed by atoms with Crippen LogP contribution in [0.15, 0.2) is 28.7 Å². The SMILES string of the molecule is O=C(S)N1SN=Cc2ccccc21. The molecule has 0 unspecified atom stereocenters. The molecule has 0 bridgehead atoms. The van der Waals surface area contributed by atoms with E-state index in [4.69, 9.17) is 0 Å². The standard InChI is InChI=1S/C8H6N2OS2/c11-8(12)10-7-4-2-1-3-6(7)5-9-13-10/h1-5H,(H,11,12). The lowest BCUT2D eigenvalue weighted by atomic mass is 10.2. The van der Waals surface area contributed by atoms with Gasteiger partial charge in [0.25, 0.3) is 5.24 Å². The topological polar surface area (TPSA) is 32.7 Å². The molecule has 1 aliphatic heterocycles. The van der Waals surface area contributed by atoms with Crippen molar-refractivity contribution in [1.29, 1.82) is 0 Å². The number of hydrogen-bond acceptors (Lipinski definition) is 3. The summed E-state index contributed by atoms with van der Waals surface area (Å²) in [6.45, 7) is 0. The van der Waals surface area contributed by atoms with E-state index >= 15 is 0 Å². The number of anilines is 1. The summed E-state index contributed by atoms with van der Waals surface area (Å²) < 4.78 is 5.41. The van der Waals surface area contributed by atoms with Gasteiger partial charge in [-0.1, -0.05) is 30.8 Å². The molecule has 1 aromatic carbocycles. The average Bonchev–Trinajstić information content (AvgIpc) is 2.17. The minimum atomic E-state index is -0.311. The Morgan fingerprint density at radius 1 is 1.46 bits per heavy atom. The van der Waals surface area contributed by atoms with Crippen molar-refractivity contribution >= 4 is 41.9 Å². The summed E-state index contributed by atoms with van der Waals surface area (Å²) in [5.74, 6) is 0. The number of para-hydroxylation sites is 1. The summed E-state index contributed by atoms with van der Waals surface area (Å²) in [5, 5.41) is -0.311. The summed E-state index contributed by atoms with van der Waals surface area (Å²) in [4.78, 5) is 11.1. The Balaban J connectivity index is 2.49. The van der Waals surface area contributed by atoms with Crippen molar-refractivity contribution in [2.75, 3.05) is 4.31 Å². The minimum absolute atomic E-state index is 0.311. The number of carbonyl (C=O) groups is 1. The molecule has 0 aliphatic carbocycles. The van der Waals surface area contributed by atoms with Crippen LogP contribution in [0.25, 0.3) is 0 Å². The van der Waals surface area contributed by atoms with Crippen LogP contribution in [0.3, 0.4) is 0 Å². The predicted molar refractivity (Wildman–Crippen MR) is 58.5 cm³/mol. The number of nitrogens with zero attached hydrogens (tertiary/aromatic N) is 2. The fraction of sp³-hybridized carbons (Fsp3) is 0. The summed E-state index contributed by atoms with van der Waals surface area (Å²) in [6, 6.07) is 7.55. The van der Waals surface area contributed by atoms with Crippen LogP contribution in [0, 0.1) is 0 Å². The maximum Gasteiger partial charge on any atom is 0.294 e. The molecule has 0 radical (unpaired) electrons. The lowest BCUT2D eigenvalue weighted by Crippen LogP contribution is -2.19. The lowest BCUT2D eigenvalue weighted by Gasteiger charge is -2.20. The third-order valence-corrected chi connectivity index (χ3v) is 2.71. The Kier molecular flexibility index (Phi) is 2.28. The van der Waals surface area contributed by atoms with Gasteiger partial charge in [-0.2, -0.15) is 0 Å². The quantitative estimate of drug-likeness (QED) is 0.527. The highest BCUT2D eigenvalue weighted by Crippen LogP contribution is 2.31. The van der Waals surface area contributed by atoms with Crippen LogP contribution < -0.4 is 4.31 Å². The van der Waals surface area contributed by atoms with Gasteiger partial charge < -0.3 is 0 Å². The van der Waals surface area contributed by atoms with E-state index < -0.39 is 0 Å². The molecule has 13 heavy (non-hydrogen) atoms. The van der Waals surface area contributed by atoms with Gasteiger partial charge >= 0.3 is 0 Å². The first-order valence-corrected chi connectivity index (χ1v) is 4.79. The van der Waals surface area contributed by atoms with Crippen LogP contribution in [-0.2, 0) is 0 Å². The van der Waals surface area contributed by atoms with E-state index in [1.54, 1.807) is 6.21 Å². The Hall–Kier alpha value is -0.940. The summed E-state index contributed by atoms with van der Waals surface area (Å²) in [6.07, 6.45) is 1.73. The molecule has 0 spiro atoms. The summed E-state index contributed by atoms with van der Waals surface area (Å²) in [7, 11) is 0. The maximum atomic E-state index is 11.1. The van der Waals surface area contributed by atoms with Crippen molar-refractivity contribution < 1.29 is 4.79 Å². The fourth-order valence-electron chi connectivity index (χ4n) is 1.09. The van der Waals surface area contributed by atoms with Gasteiger partial charge in [-0.05, 0) is 6.07 Å². The van der Waals surface area contributed by atoms with Gasteiger partial charge in [-0.15, -0.1) is 0 Å². The highest BCUT2D eigenvalue weighted by atomic mass is 32.2. The molecule has 1 heterocycles. The zero-order valence-electron chi connectivity index (χ0n) is 6.54. The van der Waals surface area contributed by atoms with Crippen LogP contribution in [0.4, 0.5) is 10.5 Å². The number of fused-ring (bicyclic) bond motifs is 1. The largest absolute Gasteiger partial charge is 0.294 e. The predicted octanol–water partition coefficient (Wildman–Crippen LogP) is 2.54. The average molecular weight is 210 g/mol. The van der Waals surface area contributed by atoms with Crippen molar-refractivity contribution in [3.8, 4) is 0 Å². The first-order chi connectivity index (χ1) is 6.29. The minimum Gasteiger partial charge on any atom is -0.261 e. The van der Waals surface area contributed by atoms with Crippen LogP contribution in [0.1, 0.15) is 5.56 Å². The molecule has 0 atom stereocenters. The van der Waals surface area contributed by atoms with E-state index in [-0.39, 0.29) is 5.24 Å². The highest BCUT2D eigenvalue weighted by molar-refractivity contribution is 8.05. The van der Waals surface area contributed by atoms with Crippen LogP contribution >= 0.6 is 24.8 Å². The van der Waals surface area contributed by atoms with Gasteiger partial charge in [-0.3, -0.25) is 4.79 Å². The molecular weight excluding hydrogens is 204 g/mol. The monoisotopic (exact) mass is 210 g/mol. The molecule has 1 aromatic rings. The van der Waals surface area contributed by atoms with E-state index in [2.05, 4.69) is 17.0 Å². The van der Waals surface area contributed by atoms with Gasteiger partial charge in [-0.25, -0.2) is 8.70 Å². The van der Waals surface area contributed by atoms with Gasteiger partial charge in [0.2, 0.25) is 0 Å². The van der Waals surface area contributed by atoms with Crippen molar-refractivity contribution in [3.05, 3.63) is 29.8 Å². The summed E-state index contributed by atoms with van der Waals surface area (Å²) >= 11 is 4.85. The molecular formula is C8H6N2OS2. The molecule has 1 aliphatic rings. The number of thiol groups is 1. The molecule has 66 valence electrons. The van der Waals surface area contributed by atoms with Crippen molar-refractivity contribution in [2.24, 2.45) is 4.40 Å². The van der Waals surface area contributed by atoms with E-state index in [0.717, 1.165) is 23.4 Å². The smallest absolute Gasteiger partial charge is 0.261 e. The number of rotatable bonds is 0. The molecule has 0 aromatic heterocycles. The Morgan fingerprint density at radius 2 is 2.23 bits per heavy atom. The lowest BCUT2D eigenvalue weighted by molar-refractivity contribution is 0.268. The molecule has 0 fully saturated rings. The van der Waals surface area contributed by atoms with Crippen LogP contribution in [-0.4, -0.2) is 11.5 Å². The first-order valence-electron chi connectivity index (χ1n) is 3.61. The molecule has 5 heteroatoms. The molecule has 0 N–H and O–H groups in total. The third-order valence-electron chi connectivity index (χ3n) is 1.65. The number of benzene rings is 1. The van der Waals surface area contributed by atoms with E-state index in [0.29, 0.717) is 0 Å². The third kappa shape index (κ3) is 1.57. The molecule has 1 amide bonds. The number of hydrogen-bond donors (Lipinski definition) is 1. The normalized spacial score (nSPS) is 14.1. The first kappa shape index (κ1) is 8.65. The van der Waals surface area contributed by atoms with Gasteiger partial charge in [0.15, 0.2) is 0 Å². The second-order valence-electron chi connectivity index (χ2n) is 2.45. The van der Waals surface area contributed by atoms with Gasteiger partial charge in [0.1, 0.15) is 12.1 Å². The second-order valence-corrected chi connectivity index (χ2v) is 3.57. The van der Waals surface area contributed by atoms with Crippen molar-refractivity contribution in [2.45, 2.75) is 0 Å². The number of carbonyl (C=O) groups excluding carboxylic acids is 1. The van der Waals surface area contributed by atoms with E-state index in [9.17, 15) is 4.79 Å². The molecule has 2 rings (SSSR count). The Bertz CT molecular complexity index is 378. The van der Waals surface area contributed by atoms with Crippen molar-refractivity contribution in [1.82, 2.24) is 0 Å². The zero-order chi connectivity index (χ0) is 9.26. The van der Waals surface area contributed by atoms with Gasteiger partial charge in [0.05, 0.1) is 5.69 Å². The van der Waals surface area contributed by atoms with Crippen molar-refractivity contribution in [3.63, 3.8) is 0 Å². The Labute approximate surface area is 85.5 Å². The highest BCUT2D eigenvalue weighted by Gasteiger charge is 2.18. The van der Waals surface area contributed by atoms with E-state index in [1.807, 2.05) is 24.3 Å². The fourth-order valence-corrected chi connectivity index (χ4v) is 1.89. The van der Waals surface area contributed by atoms with Crippen LogP contribution in [0.5, 0.6) is 0 Å². The van der Waals surface area contributed by atoms with E-state index in [1.165, 1.54) is 4.31 Å². The molecule has 3 nitrogen and oxygen atoms in total. The maximum absolute atomic E-state index is 11.1. The number of amides is 1. The molecule has 0 saturated heterocycles. The summed E-state index contributed by atoms with van der Waals surface area (Å²) in [5.41, 5.74) is 1.77. The Morgan fingerprint density at radius 3 is 3.00 bits per heavy atom. The zero-order valence-corrected chi connectivity index (χ0v) is 8.26. The second kappa shape index (κ2) is 3.43. The van der Waals surface area contributed by atoms with Crippen LogP contribution in [0.2, 0.25) is 0 Å². The molecule has 0 saturated carbocycles. The van der Waals surface area contributed by atoms with Gasteiger partial charge in [0, 0.05) is 11.8 Å².